The van der Waals surface area contributed by atoms with Crippen molar-refractivity contribution >= 4 is 0 Å². The lowest BCUT2D eigenvalue weighted by Gasteiger charge is -2.43. The summed E-state index contributed by atoms with van der Waals surface area (Å²) in [4.78, 5) is 2.59. The number of benzene rings is 1. The molecule has 0 saturated heterocycles. The molecule has 82 valence electrons. The molecule has 0 saturated carbocycles. The zero-order chi connectivity index (χ0) is 11.1. The monoisotopic (exact) mass is 203 g/mol. The van der Waals surface area contributed by atoms with Crippen LogP contribution in [0.15, 0.2) is 24.3 Å². The Morgan fingerprint density at radius 1 is 1.13 bits per heavy atom. The summed E-state index contributed by atoms with van der Waals surface area (Å²) in [5.74, 6) is 0. The van der Waals surface area contributed by atoms with Crippen molar-refractivity contribution in [3.8, 4) is 0 Å². The summed E-state index contributed by atoms with van der Waals surface area (Å²) in [5, 5.41) is 0. The molecule has 1 heterocycles. The van der Waals surface area contributed by atoms with Crippen molar-refractivity contribution in [2.75, 3.05) is 0 Å². The van der Waals surface area contributed by atoms with Crippen molar-refractivity contribution in [2.45, 2.75) is 52.2 Å². The van der Waals surface area contributed by atoms with E-state index in [1.807, 2.05) is 0 Å². The molecule has 0 aliphatic carbocycles. The average Bonchev–Trinajstić information content (AvgIpc) is 2.15. The van der Waals surface area contributed by atoms with E-state index in [0.29, 0.717) is 6.04 Å². The van der Waals surface area contributed by atoms with Gasteiger partial charge < -0.3 is 0 Å². The van der Waals surface area contributed by atoms with Crippen LogP contribution in [0.2, 0.25) is 0 Å². The average molecular weight is 203 g/mol. The second kappa shape index (κ2) is 3.64. The SMILES string of the molecule is CC1Cc2ccccc2CN1C(C)(C)C. The highest BCUT2D eigenvalue weighted by molar-refractivity contribution is 5.30. The number of rotatable bonds is 0. The van der Waals surface area contributed by atoms with Gasteiger partial charge in [-0.15, -0.1) is 0 Å². The van der Waals surface area contributed by atoms with Crippen LogP contribution in [0.4, 0.5) is 0 Å². The van der Waals surface area contributed by atoms with Gasteiger partial charge in [-0.05, 0) is 45.2 Å². The Bertz CT molecular complexity index is 349. The third-order valence-electron chi connectivity index (χ3n) is 3.37. The van der Waals surface area contributed by atoms with Crippen LogP contribution in [0.25, 0.3) is 0 Å². The molecule has 1 aliphatic heterocycles. The van der Waals surface area contributed by atoms with Crippen LogP contribution in [-0.4, -0.2) is 16.5 Å². The van der Waals surface area contributed by atoms with Gasteiger partial charge in [0.25, 0.3) is 0 Å². The first-order chi connectivity index (χ1) is 6.98. The molecule has 0 N–H and O–H groups in total. The first-order valence-electron chi connectivity index (χ1n) is 5.82. The summed E-state index contributed by atoms with van der Waals surface area (Å²) in [6.45, 7) is 10.3. The maximum absolute atomic E-state index is 2.59. The quantitative estimate of drug-likeness (QED) is 0.625. The Morgan fingerprint density at radius 3 is 2.33 bits per heavy atom. The van der Waals surface area contributed by atoms with Gasteiger partial charge in [0.15, 0.2) is 0 Å². The Morgan fingerprint density at radius 2 is 1.73 bits per heavy atom. The van der Waals surface area contributed by atoms with Crippen LogP contribution in [-0.2, 0) is 13.0 Å². The van der Waals surface area contributed by atoms with E-state index in [4.69, 9.17) is 0 Å². The van der Waals surface area contributed by atoms with Gasteiger partial charge in [-0.25, -0.2) is 0 Å². The Hall–Kier alpha value is -0.820. The van der Waals surface area contributed by atoms with Crippen LogP contribution in [0.5, 0.6) is 0 Å². The second-order valence-corrected chi connectivity index (χ2v) is 5.62. The third kappa shape index (κ3) is 2.07. The van der Waals surface area contributed by atoms with E-state index in [-0.39, 0.29) is 5.54 Å². The molecule has 1 unspecified atom stereocenters. The fourth-order valence-corrected chi connectivity index (χ4v) is 2.58. The minimum atomic E-state index is 0.271. The highest BCUT2D eigenvalue weighted by Crippen LogP contribution is 2.28. The largest absolute Gasteiger partial charge is 0.291 e. The summed E-state index contributed by atoms with van der Waals surface area (Å²) >= 11 is 0. The van der Waals surface area contributed by atoms with E-state index in [1.165, 1.54) is 17.5 Å². The summed E-state index contributed by atoms with van der Waals surface area (Å²) in [6.07, 6.45) is 1.19. The lowest BCUT2D eigenvalue weighted by molar-refractivity contribution is 0.0720. The number of nitrogens with zero attached hydrogens (tertiary/aromatic N) is 1. The normalized spacial score (nSPS) is 22.5. The molecule has 1 aromatic rings. The van der Waals surface area contributed by atoms with Crippen LogP contribution < -0.4 is 0 Å². The van der Waals surface area contributed by atoms with E-state index in [2.05, 4.69) is 56.9 Å². The van der Waals surface area contributed by atoms with E-state index in [0.717, 1.165) is 6.54 Å². The molecule has 1 nitrogen and oxygen atoms in total. The summed E-state index contributed by atoms with van der Waals surface area (Å²) in [6, 6.07) is 9.49. The highest BCUT2D eigenvalue weighted by Gasteiger charge is 2.30. The van der Waals surface area contributed by atoms with Crippen molar-refractivity contribution in [1.29, 1.82) is 0 Å². The number of hydrogen-bond donors (Lipinski definition) is 0. The van der Waals surface area contributed by atoms with Crippen molar-refractivity contribution in [1.82, 2.24) is 4.90 Å². The number of fused-ring (bicyclic) bond motifs is 1. The maximum Gasteiger partial charge on any atom is 0.0244 e. The predicted octanol–water partition coefficient (Wildman–Crippen LogP) is 3.23. The second-order valence-electron chi connectivity index (χ2n) is 5.62. The van der Waals surface area contributed by atoms with Crippen LogP contribution >= 0.6 is 0 Å². The molecule has 15 heavy (non-hydrogen) atoms. The molecule has 1 atom stereocenters. The topological polar surface area (TPSA) is 3.24 Å². The van der Waals surface area contributed by atoms with Gasteiger partial charge in [0.05, 0.1) is 0 Å². The molecular weight excluding hydrogens is 182 g/mol. The lowest BCUT2D eigenvalue weighted by Crippen LogP contribution is -2.49. The maximum atomic E-state index is 2.59. The zero-order valence-corrected chi connectivity index (χ0v) is 10.2. The Labute approximate surface area is 93.1 Å². The van der Waals surface area contributed by atoms with E-state index in [1.54, 1.807) is 0 Å². The Balaban J connectivity index is 2.30. The molecule has 0 fully saturated rings. The molecular formula is C14H21N. The summed E-state index contributed by atoms with van der Waals surface area (Å²) in [5.41, 5.74) is 3.31. The lowest BCUT2D eigenvalue weighted by atomic mass is 9.90. The fraction of sp³-hybridized carbons (Fsp3) is 0.571. The van der Waals surface area contributed by atoms with Gasteiger partial charge in [-0.1, -0.05) is 24.3 Å². The van der Waals surface area contributed by atoms with Gasteiger partial charge in [0.2, 0.25) is 0 Å². The molecule has 1 aliphatic rings. The molecule has 1 aromatic carbocycles. The van der Waals surface area contributed by atoms with E-state index < -0.39 is 0 Å². The predicted molar refractivity (Wildman–Crippen MR) is 64.9 cm³/mol. The van der Waals surface area contributed by atoms with Gasteiger partial charge in [0.1, 0.15) is 0 Å². The van der Waals surface area contributed by atoms with E-state index in [9.17, 15) is 0 Å². The minimum absolute atomic E-state index is 0.271. The van der Waals surface area contributed by atoms with Crippen LogP contribution in [0.1, 0.15) is 38.8 Å². The molecule has 0 spiro atoms. The van der Waals surface area contributed by atoms with Crippen LogP contribution in [0, 0.1) is 0 Å². The van der Waals surface area contributed by atoms with Crippen molar-refractivity contribution in [3.63, 3.8) is 0 Å². The van der Waals surface area contributed by atoms with Crippen LogP contribution in [0.3, 0.4) is 0 Å². The zero-order valence-electron chi connectivity index (χ0n) is 10.2. The molecule has 1 heteroatoms. The van der Waals surface area contributed by atoms with Gasteiger partial charge in [-0.2, -0.15) is 0 Å². The van der Waals surface area contributed by atoms with Gasteiger partial charge in [0, 0.05) is 18.1 Å². The first-order valence-corrected chi connectivity index (χ1v) is 5.82. The smallest absolute Gasteiger partial charge is 0.0244 e. The van der Waals surface area contributed by atoms with Gasteiger partial charge in [-0.3, -0.25) is 4.90 Å². The fourth-order valence-electron chi connectivity index (χ4n) is 2.58. The van der Waals surface area contributed by atoms with E-state index >= 15 is 0 Å². The molecule has 2 rings (SSSR count). The van der Waals surface area contributed by atoms with Crippen molar-refractivity contribution in [2.24, 2.45) is 0 Å². The molecule has 0 radical (unpaired) electrons. The van der Waals surface area contributed by atoms with Crippen molar-refractivity contribution in [3.05, 3.63) is 35.4 Å². The third-order valence-corrected chi connectivity index (χ3v) is 3.37. The molecule has 0 aromatic heterocycles. The highest BCUT2D eigenvalue weighted by atomic mass is 15.2. The van der Waals surface area contributed by atoms with Crippen molar-refractivity contribution < 1.29 is 0 Å². The Kier molecular flexibility index (Phi) is 2.59. The van der Waals surface area contributed by atoms with Gasteiger partial charge >= 0.3 is 0 Å². The summed E-state index contributed by atoms with van der Waals surface area (Å²) < 4.78 is 0. The summed E-state index contributed by atoms with van der Waals surface area (Å²) in [7, 11) is 0. The number of hydrogen-bond acceptors (Lipinski definition) is 1. The molecule has 0 amide bonds. The minimum Gasteiger partial charge on any atom is -0.291 e. The standard InChI is InChI=1S/C14H21N/c1-11-9-12-7-5-6-8-13(12)10-15(11)14(2,3)4/h5-8,11H,9-10H2,1-4H3. The first kappa shape index (κ1) is 10.7. The molecule has 0 bridgehead atoms.